The summed E-state index contributed by atoms with van der Waals surface area (Å²) in [7, 11) is 0. The van der Waals surface area contributed by atoms with E-state index in [0.29, 0.717) is 36.8 Å². The van der Waals surface area contributed by atoms with Crippen molar-refractivity contribution in [2.45, 2.75) is 122 Å². The van der Waals surface area contributed by atoms with Gasteiger partial charge in [-0.2, -0.15) is 0 Å². The number of carbonyl (C=O) groups is 1. The van der Waals surface area contributed by atoms with Crippen LogP contribution >= 0.6 is 12.4 Å². The topological polar surface area (TPSA) is 70.6 Å². The van der Waals surface area contributed by atoms with Crippen LogP contribution in [0.15, 0.2) is 42.5 Å². The fourth-order valence-corrected chi connectivity index (χ4v) is 5.88. The number of hydrogen-bond donors (Lipinski definition) is 3. The summed E-state index contributed by atoms with van der Waals surface area (Å²) in [5.41, 5.74) is 3.06. The van der Waals surface area contributed by atoms with Crippen molar-refractivity contribution < 1.29 is 19.0 Å². The minimum atomic E-state index is -0.845. The van der Waals surface area contributed by atoms with Crippen LogP contribution in [-0.4, -0.2) is 36.3 Å². The molecular formula is C34H52ClFN2O3. The van der Waals surface area contributed by atoms with Gasteiger partial charge in [-0.3, -0.25) is 4.79 Å². The molecule has 0 bridgehead atoms. The summed E-state index contributed by atoms with van der Waals surface area (Å²) >= 11 is 0. The summed E-state index contributed by atoms with van der Waals surface area (Å²) in [5, 5.41) is 18.0. The molecule has 1 amide bonds. The number of benzene rings is 2. The fourth-order valence-electron chi connectivity index (χ4n) is 5.88. The maximum atomic E-state index is 14.5. The molecule has 0 aromatic heterocycles. The average Bonchev–Trinajstić information content (AvgIpc) is 2.93. The van der Waals surface area contributed by atoms with E-state index in [2.05, 4.69) is 55.7 Å². The second-order valence-electron chi connectivity index (χ2n) is 11.9. The van der Waals surface area contributed by atoms with Crippen LogP contribution in [0.2, 0.25) is 0 Å². The lowest BCUT2D eigenvalue weighted by molar-refractivity contribution is -0.120. The highest BCUT2D eigenvalue weighted by molar-refractivity contribution is 5.85. The molecule has 2 aromatic carbocycles. The van der Waals surface area contributed by atoms with Crippen molar-refractivity contribution in [2.75, 3.05) is 13.2 Å². The molecule has 0 saturated heterocycles. The molecular weight excluding hydrogens is 539 g/mol. The highest BCUT2D eigenvalue weighted by Crippen LogP contribution is 2.38. The summed E-state index contributed by atoms with van der Waals surface area (Å²) in [6.07, 6.45) is 10.6. The average molecular weight is 591 g/mol. The Hall–Kier alpha value is -2.15. The Kier molecular flexibility index (Phi) is 15.2. The Balaban J connectivity index is 0.00000588. The van der Waals surface area contributed by atoms with E-state index in [-0.39, 0.29) is 29.7 Å². The molecule has 0 radical (unpaired) electrons. The van der Waals surface area contributed by atoms with Crippen LogP contribution in [0.4, 0.5) is 4.39 Å². The summed E-state index contributed by atoms with van der Waals surface area (Å²) in [4.78, 5) is 12.1. The first-order valence-corrected chi connectivity index (χ1v) is 15.5. The van der Waals surface area contributed by atoms with Crippen molar-refractivity contribution in [3.8, 4) is 5.75 Å². The molecule has 1 fully saturated rings. The van der Waals surface area contributed by atoms with Gasteiger partial charge >= 0.3 is 0 Å². The van der Waals surface area contributed by atoms with Crippen LogP contribution in [0.25, 0.3) is 0 Å². The van der Waals surface area contributed by atoms with E-state index < -0.39 is 12.1 Å². The molecule has 0 heterocycles. The number of aliphatic hydroxyl groups excluding tert-OH is 1. The van der Waals surface area contributed by atoms with Crippen molar-refractivity contribution in [3.05, 3.63) is 65.0 Å². The zero-order chi connectivity index (χ0) is 29.0. The second kappa shape index (κ2) is 17.7. The molecule has 7 heteroatoms. The van der Waals surface area contributed by atoms with Crippen molar-refractivity contribution in [1.82, 2.24) is 10.6 Å². The highest BCUT2D eigenvalue weighted by Gasteiger charge is 2.35. The normalized spacial score (nSPS) is 16.1. The largest absolute Gasteiger partial charge is 0.493 e. The van der Waals surface area contributed by atoms with Crippen LogP contribution in [0.3, 0.4) is 0 Å². The van der Waals surface area contributed by atoms with Gasteiger partial charge in [0.25, 0.3) is 0 Å². The molecule has 5 nitrogen and oxygen atoms in total. The van der Waals surface area contributed by atoms with Crippen LogP contribution in [-0.2, 0) is 16.8 Å². The van der Waals surface area contributed by atoms with Gasteiger partial charge in [0.15, 0.2) is 0 Å². The molecule has 230 valence electrons. The molecule has 1 aliphatic rings. The van der Waals surface area contributed by atoms with Crippen LogP contribution in [0.1, 0.15) is 115 Å². The number of ether oxygens (including phenoxy) is 1. The Labute approximate surface area is 253 Å². The van der Waals surface area contributed by atoms with Crippen LogP contribution in [0.5, 0.6) is 5.75 Å². The third kappa shape index (κ3) is 11.2. The molecule has 41 heavy (non-hydrogen) atoms. The number of amides is 1. The number of carbonyl (C=O) groups excluding carboxylic acids is 1. The Morgan fingerprint density at radius 3 is 2.46 bits per heavy atom. The van der Waals surface area contributed by atoms with Gasteiger partial charge in [0.2, 0.25) is 5.91 Å². The predicted molar refractivity (Wildman–Crippen MR) is 169 cm³/mol. The summed E-state index contributed by atoms with van der Waals surface area (Å²) in [6.45, 7) is 8.93. The highest BCUT2D eigenvalue weighted by atomic mass is 35.5. The van der Waals surface area contributed by atoms with Crippen molar-refractivity contribution in [1.29, 1.82) is 0 Å². The van der Waals surface area contributed by atoms with E-state index in [0.717, 1.165) is 38.5 Å². The lowest BCUT2D eigenvalue weighted by Crippen LogP contribution is -2.53. The number of nitrogens with one attached hydrogen (secondary N) is 2. The molecule has 3 N–H and O–H groups in total. The molecule has 2 aromatic rings. The molecule has 0 unspecified atom stereocenters. The van der Waals surface area contributed by atoms with Gasteiger partial charge in [-0.25, -0.2) is 4.39 Å². The van der Waals surface area contributed by atoms with Crippen molar-refractivity contribution in [3.63, 3.8) is 0 Å². The van der Waals surface area contributed by atoms with Gasteiger partial charge in [0, 0.05) is 25.1 Å². The Morgan fingerprint density at radius 2 is 1.78 bits per heavy atom. The zero-order valence-electron chi connectivity index (χ0n) is 25.5. The molecule has 0 aliphatic heterocycles. The van der Waals surface area contributed by atoms with Gasteiger partial charge in [-0.15, -0.1) is 12.4 Å². The summed E-state index contributed by atoms with van der Waals surface area (Å²) in [6, 6.07) is 12.9. The maximum Gasteiger partial charge on any atom is 0.217 e. The number of halogens is 2. The van der Waals surface area contributed by atoms with Crippen LogP contribution in [0, 0.1) is 5.82 Å². The predicted octanol–water partition coefficient (Wildman–Crippen LogP) is 7.58. The number of hydrogen-bond acceptors (Lipinski definition) is 4. The first-order valence-electron chi connectivity index (χ1n) is 15.5. The lowest BCUT2D eigenvalue weighted by Gasteiger charge is -2.40. The van der Waals surface area contributed by atoms with Gasteiger partial charge in [0.05, 0.1) is 18.8 Å². The fraction of sp³-hybridized carbons (Fsp3) is 0.618. The van der Waals surface area contributed by atoms with Crippen molar-refractivity contribution in [2.24, 2.45) is 0 Å². The van der Waals surface area contributed by atoms with E-state index in [1.54, 1.807) is 0 Å². The molecule has 1 saturated carbocycles. The van der Waals surface area contributed by atoms with E-state index >= 15 is 0 Å². The standard InChI is InChI=1S/C34H51FN2O3.ClH/c1-5-6-7-8-12-18-40-31-20-27(19-30(35)23-31)21-32(37-26(4)38)33(39)24-36-34(16-10-9-11-17-34)29-15-13-14-28(22-29)25(2)3;/h13-15,19-20,22-23,25,32-33,36,39H,5-12,16-18,21,24H2,1-4H3,(H,37,38);1H/t32-,33-;/m0./s1. The van der Waals surface area contributed by atoms with Crippen molar-refractivity contribution >= 4 is 18.3 Å². The lowest BCUT2D eigenvalue weighted by atomic mass is 9.75. The number of aliphatic hydroxyl groups is 1. The summed E-state index contributed by atoms with van der Waals surface area (Å²) < 4.78 is 20.3. The minimum absolute atomic E-state index is 0. The quantitative estimate of drug-likeness (QED) is 0.176. The van der Waals surface area contributed by atoms with Gasteiger partial charge in [0.1, 0.15) is 11.6 Å². The second-order valence-corrected chi connectivity index (χ2v) is 11.9. The zero-order valence-corrected chi connectivity index (χ0v) is 26.3. The number of rotatable bonds is 16. The monoisotopic (exact) mass is 590 g/mol. The van der Waals surface area contributed by atoms with Crippen LogP contribution < -0.4 is 15.4 Å². The molecule has 1 aliphatic carbocycles. The summed E-state index contributed by atoms with van der Waals surface area (Å²) in [5.74, 6) is 0.335. The smallest absolute Gasteiger partial charge is 0.217 e. The molecule has 0 spiro atoms. The van der Waals surface area contributed by atoms with Gasteiger partial charge < -0.3 is 20.5 Å². The third-order valence-electron chi connectivity index (χ3n) is 8.22. The Morgan fingerprint density at radius 1 is 1.05 bits per heavy atom. The van der Waals surface area contributed by atoms with E-state index in [1.807, 2.05) is 6.07 Å². The van der Waals surface area contributed by atoms with Gasteiger partial charge in [-0.05, 0) is 60.4 Å². The number of unbranched alkanes of at least 4 members (excludes halogenated alkanes) is 4. The Bertz CT molecular complexity index is 1060. The van der Waals surface area contributed by atoms with Gasteiger partial charge in [-0.1, -0.05) is 90.0 Å². The maximum absolute atomic E-state index is 14.5. The first kappa shape index (κ1) is 35.0. The molecule has 2 atom stereocenters. The minimum Gasteiger partial charge on any atom is -0.493 e. The van der Waals surface area contributed by atoms with E-state index in [1.165, 1.54) is 55.9 Å². The van der Waals surface area contributed by atoms with E-state index in [9.17, 15) is 14.3 Å². The third-order valence-corrected chi connectivity index (χ3v) is 8.22. The first-order chi connectivity index (χ1) is 19.2. The molecule has 3 rings (SSSR count). The van der Waals surface area contributed by atoms with E-state index in [4.69, 9.17) is 4.74 Å². The SMILES string of the molecule is CCCCCCCOc1cc(F)cc(C[C@H](NC(C)=O)[C@@H](O)CNC2(c3cccc(C(C)C)c3)CCCCC2)c1.Cl.